The zero-order valence-electron chi connectivity index (χ0n) is 16.8. The van der Waals surface area contributed by atoms with Crippen molar-refractivity contribution in [2.75, 3.05) is 12.4 Å². The maximum Gasteiger partial charge on any atom is 0.233 e. The van der Waals surface area contributed by atoms with Gasteiger partial charge in [0.2, 0.25) is 11.0 Å². The van der Waals surface area contributed by atoms with Gasteiger partial charge < -0.3 is 15.4 Å². The normalized spacial score (nSPS) is 23.1. The number of nitrogens with one attached hydrogen (secondary N) is 2. The van der Waals surface area contributed by atoms with Gasteiger partial charge in [0, 0.05) is 6.04 Å². The Kier molecular flexibility index (Phi) is 7.18. The molecule has 1 aliphatic carbocycles. The summed E-state index contributed by atoms with van der Waals surface area (Å²) in [6.45, 7) is 6.44. The van der Waals surface area contributed by atoms with Crippen LogP contribution in [-0.2, 0) is 4.79 Å². The summed E-state index contributed by atoms with van der Waals surface area (Å²) in [6.07, 6.45) is 3.51. The highest BCUT2D eigenvalue weighted by atomic mass is 32.2. The van der Waals surface area contributed by atoms with Crippen LogP contribution in [-0.4, -0.2) is 34.5 Å². The van der Waals surface area contributed by atoms with E-state index in [2.05, 4.69) is 34.7 Å². The molecule has 4 atom stereocenters. The molecule has 1 fully saturated rings. The van der Waals surface area contributed by atoms with Crippen LogP contribution in [0.4, 0.5) is 10.8 Å². The van der Waals surface area contributed by atoms with Crippen LogP contribution in [0.15, 0.2) is 28.6 Å². The van der Waals surface area contributed by atoms with E-state index in [9.17, 15) is 4.79 Å². The number of amides is 1. The molecular weight excluding hydrogens is 392 g/mol. The highest BCUT2D eigenvalue weighted by Gasteiger charge is 2.29. The number of ether oxygens (including phenoxy) is 1. The number of aromatic nitrogens is 2. The Hall–Kier alpha value is -1.80. The number of methoxy groups -OCH3 is 1. The minimum atomic E-state index is -0.212. The summed E-state index contributed by atoms with van der Waals surface area (Å²) < 4.78 is 6.11. The Morgan fingerprint density at radius 1 is 1.29 bits per heavy atom. The van der Waals surface area contributed by atoms with Gasteiger partial charge in [-0.15, -0.1) is 10.2 Å². The molecule has 0 radical (unpaired) electrons. The average Bonchev–Trinajstić information content (AvgIpc) is 3.12. The van der Waals surface area contributed by atoms with Crippen LogP contribution >= 0.6 is 23.1 Å². The van der Waals surface area contributed by atoms with Crippen molar-refractivity contribution < 1.29 is 9.53 Å². The second-order valence-corrected chi connectivity index (χ2v) is 9.91. The Morgan fingerprint density at radius 3 is 2.86 bits per heavy atom. The van der Waals surface area contributed by atoms with Gasteiger partial charge in [-0.25, -0.2) is 0 Å². The molecule has 152 valence electrons. The Labute approximate surface area is 174 Å². The van der Waals surface area contributed by atoms with E-state index in [1.165, 1.54) is 35.9 Å². The molecular formula is C20H28N4O2S2. The summed E-state index contributed by atoms with van der Waals surface area (Å²) >= 11 is 2.88. The summed E-state index contributed by atoms with van der Waals surface area (Å²) in [5.41, 5.74) is 0.837. The summed E-state index contributed by atoms with van der Waals surface area (Å²) in [4.78, 5) is 12.6. The highest BCUT2D eigenvalue weighted by Crippen LogP contribution is 2.34. The minimum Gasteiger partial charge on any atom is -0.495 e. The van der Waals surface area contributed by atoms with Crippen molar-refractivity contribution in [2.24, 2.45) is 11.8 Å². The fraction of sp³-hybridized carbons (Fsp3) is 0.550. The molecule has 1 amide bonds. The van der Waals surface area contributed by atoms with Gasteiger partial charge in [0.15, 0.2) is 4.34 Å². The van der Waals surface area contributed by atoms with Gasteiger partial charge in [0.1, 0.15) is 5.75 Å². The SMILES string of the molecule is COc1ccccc1Nc1nnc(S[C@H](C)C(=O)N[C@H]2CCC[C@H](C)[C@H]2C)s1. The maximum atomic E-state index is 12.6. The Morgan fingerprint density at radius 2 is 2.07 bits per heavy atom. The largest absolute Gasteiger partial charge is 0.495 e. The molecule has 0 saturated heterocycles. The third-order valence-electron chi connectivity index (χ3n) is 5.44. The third kappa shape index (κ3) is 5.17. The molecule has 2 N–H and O–H groups in total. The van der Waals surface area contributed by atoms with Crippen LogP contribution < -0.4 is 15.4 Å². The summed E-state index contributed by atoms with van der Waals surface area (Å²) in [6, 6.07) is 7.94. The van der Waals surface area contributed by atoms with Crippen LogP contribution in [0.1, 0.15) is 40.0 Å². The van der Waals surface area contributed by atoms with Gasteiger partial charge in [0.05, 0.1) is 18.0 Å². The fourth-order valence-electron chi connectivity index (χ4n) is 3.46. The van der Waals surface area contributed by atoms with Crippen molar-refractivity contribution in [3.8, 4) is 5.75 Å². The van der Waals surface area contributed by atoms with Gasteiger partial charge in [-0.2, -0.15) is 0 Å². The molecule has 1 aromatic carbocycles. The minimum absolute atomic E-state index is 0.0744. The van der Waals surface area contributed by atoms with E-state index in [0.29, 0.717) is 17.0 Å². The standard InChI is InChI=1S/C20H28N4O2S2/c1-12-8-7-10-15(13(12)2)21-18(25)14(3)27-20-24-23-19(28-20)22-16-9-5-6-11-17(16)26-4/h5-6,9,11-15H,7-8,10H2,1-4H3,(H,21,25)(H,22,23)/t12-,13+,14+,15-/m0/s1. The lowest BCUT2D eigenvalue weighted by Gasteiger charge is -2.35. The van der Waals surface area contributed by atoms with Crippen molar-refractivity contribution in [3.63, 3.8) is 0 Å². The second kappa shape index (κ2) is 9.60. The van der Waals surface area contributed by atoms with Crippen molar-refractivity contribution in [3.05, 3.63) is 24.3 Å². The average molecular weight is 421 g/mol. The van der Waals surface area contributed by atoms with Crippen LogP contribution in [0.25, 0.3) is 0 Å². The molecule has 28 heavy (non-hydrogen) atoms. The molecule has 0 aliphatic heterocycles. The molecule has 2 aromatic rings. The number of nitrogens with zero attached hydrogens (tertiary/aromatic N) is 2. The molecule has 1 aromatic heterocycles. The molecule has 3 rings (SSSR count). The van der Waals surface area contributed by atoms with Crippen molar-refractivity contribution in [2.45, 2.75) is 55.7 Å². The molecule has 0 unspecified atom stereocenters. The van der Waals surface area contributed by atoms with E-state index in [4.69, 9.17) is 4.74 Å². The first-order valence-electron chi connectivity index (χ1n) is 9.68. The number of hydrogen-bond acceptors (Lipinski definition) is 7. The van der Waals surface area contributed by atoms with E-state index >= 15 is 0 Å². The van der Waals surface area contributed by atoms with E-state index < -0.39 is 0 Å². The van der Waals surface area contributed by atoms with Crippen LogP contribution in [0.2, 0.25) is 0 Å². The van der Waals surface area contributed by atoms with E-state index in [0.717, 1.165) is 22.2 Å². The Balaban J connectivity index is 1.56. The summed E-state index contributed by atoms with van der Waals surface area (Å²) in [5, 5.41) is 15.3. The fourth-order valence-corrected chi connectivity index (χ4v) is 5.38. The molecule has 0 bridgehead atoms. The van der Waals surface area contributed by atoms with Crippen molar-refractivity contribution in [1.82, 2.24) is 15.5 Å². The van der Waals surface area contributed by atoms with Crippen LogP contribution in [0, 0.1) is 11.8 Å². The van der Waals surface area contributed by atoms with Crippen LogP contribution in [0.5, 0.6) is 5.75 Å². The highest BCUT2D eigenvalue weighted by molar-refractivity contribution is 8.02. The first-order valence-corrected chi connectivity index (χ1v) is 11.4. The maximum absolute atomic E-state index is 12.6. The number of para-hydroxylation sites is 2. The zero-order chi connectivity index (χ0) is 20.1. The van der Waals surface area contributed by atoms with Crippen molar-refractivity contribution >= 4 is 39.8 Å². The quantitative estimate of drug-likeness (QED) is 0.632. The van der Waals surface area contributed by atoms with E-state index in [-0.39, 0.29) is 17.2 Å². The first-order chi connectivity index (χ1) is 13.5. The van der Waals surface area contributed by atoms with Crippen LogP contribution in [0.3, 0.4) is 0 Å². The molecule has 8 heteroatoms. The third-order valence-corrected chi connectivity index (χ3v) is 7.46. The number of hydrogen-bond donors (Lipinski definition) is 2. The topological polar surface area (TPSA) is 76.1 Å². The van der Waals surface area contributed by atoms with Gasteiger partial charge in [-0.3, -0.25) is 4.79 Å². The van der Waals surface area contributed by atoms with Gasteiger partial charge >= 0.3 is 0 Å². The number of benzene rings is 1. The monoisotopic (exact) mass is 420 g/mol. The number of carbonyl (C=O) groups excluding carboxylic acids is 1. The molecule has 1 heterocycles. The lowest BCUT2D eigenvalue weighted by molar-refractivity contribution is -0.121. The first kappa shape index (κ1) is 20.9. The zero-order valence-corrected chi connectivity index (χ0v) is 18.4. The molecule has 1 aliphatic rings. The number of anilines is 2. The van der Waals surface area contributed by atoms with E-state index in [1.807, 2.05) is 31.2 Å². The summed E-state index contributed by atoms with van der Waals surface area (Å²) in [5.74, 6) is 2.00. The molecule has 6 nitrogen and oxygen atoms in total. The summed E-state index contributed by atoms with van der Waals surface area (Å²) in [7, 11) is 1.64. The molecule has 0 spiro atoms. The number of rotatable bonds is 7. The van der Waals surface area contributed by atoms with Crippen molar-refractivity contribution in [1.29, 1.82) is 0 Å². The molecule has 1 saturated carbocycles. The lowest BCUT2D eigenvalue weighted by atomic mass is 9.78. The number of carbonyl (C=O) groups is 1. The predicted octanol–water partition coefficient (Wildman–Crippen LogP) is 4.71. The Bertz CT molecular complexity index is 798. The van der Waals surface area contributed by atoms with Gasteiger partial charge in [-0.05, 0) is 37.3 Å². The van der Waals surface area contributed by atoms with Gasteiger partial charge in [0.25, 0.3) is 0 Å². The predicted molar refractivity (Wildman–Crippen MR) is 116 cm³/mol. The number of thioether (sulfide) groups is 1. The van der Waals surface area contributed by atoms with Gasteiger partial charge in [-0.1, -0.05) is 61.9 Å². The smallest absolute Gasteiger partial charge is 0.233 e. The second-order valence-electron chi connectivity index (χ2n) is 7.34. The van der Waals surface area contributed by atoms with E-state index in [1.54, 1.807) is 7.11 Å². The lowest BCUT2D eigenvalue weighted by Crippen LogP contribution is -2.46.